The van der Waals surface area contributed by atoms with E-state index in [0.717, 1.165) is 0 Å². The molecule has 2 aliphatic heterocycles. The van der Waals surface area contributed by atoms with E-state index in [4.69, 9.17) is 0 Å². The third-order valence-corrected chi connectivity index (χ3v) is 21.6. The SMILES string of the molecule is Cc1cc2c3c(c1)N(c1ccc4c(c1)C(C)(C)CCC4(C)C)c1c(sc4cc5c(cc14)C1(C)CCC5(C)C1)B3c1cc3c(cc1N2c1ccc2c(c1)C(C)(C)CCC2(C)C)C(C)(C)CCC3(C)C. The van der Waals surface area contributed by atoms with Crippen molar-refractivity contribution in [1.29, 1.82) is 0 Å². The Morgan fingerprint density at radius 3 is 1.40 bits per heavy atom. The standard InChI is InChI=1S/C64H75BN2S/c1-37-28-51-54-52(29-37)67(39-17-19-42-44(31-39)60(8,9)23-21-58(42,4)5)55-40-32-47-48(64(15)27-26-63(47,14)36-64)35-53(40)68-56(55)65(54)49-33-45-46(62(12,13)25-24-61(45,10)11)34-50(49)66(51)38-16-18-41-43(30-38)59(6,7)22-20-57(41,2)3/h16-19,28-35H,20-27,36H2,1-15H3. The lowest BCUT2D eigenvalue weighted by Gasteiger charge is -2.48. The molecule has 1 fully saturated rings. The van der Waals surface area contributed by atoms with Crippen LogP contribution in [0.1, 0.15) is 205 Å². The van der Waals surface area contributed by atoms with Crippen molar-refractivity contribution < 1.29 is 0 Å². The van der Waals surface area contributed by atoms with E-state index in [0.29, 0.717) is 0 Å². The summed E-state index contributed by atoms with van der Waals surface area (Å²) in [5.41, 5.74) is 26.0. The number of rotatable bonds is 2. The van der Waals surface area contributed by atoms with Gasteiger partial charge in [0.15, 0.2) is 0 Å². The van der Waals surface area contributed by atoms with Crippen LogP contribution in [0, 0.1) is 6.92 Å². The Kier molecular flexibility index (Phi) is 8.47. The molecule has 6 aromatic rings. The Hall–Kier alpha value is -4.28. The summed E-state index contributed by atoms with van der Waals surface area (Å²) in [6, 6.07) is 31.3. The van der Waals surface area contributed by atoms with Crippen molar-refractivity contribution >= 4 is 78.0 Å². The normalized spacial score (nSPS) is 26.4. The molecule has 1 saturated carbocycles. The average molecular weight is 915 g/mol. The van der Waals surface area contributed by atoms with Gasteiger partial charge in [0.2, 0.25) is 0 Å². The van der Waals surface area contributed by atoms with Crippen LogP contribution >= 0.6 is 11.3 Å². The summed E-state index contributed by atoms with van der Waals surface area (Å²) in [5.74, 6) is 0. The van der Waals surface area contributed by atoms with E-state index in [1.165, 1.54) is 151 Å². The first-order valence-corrected chi connectivity index (χ1v) is 27.4. The second-order valence-electron chi connectivity index (χ2n) is 28.0. The van der Waals surface area contributed by atoms with E-state index in [-0.39, 0.29) is 50.0 Å². The van der Waals surface area contributed by atoms with Gasteiger partial charge in [-0.1, -0.05) is 115 Å². The fourth-order valence-electron chi connectivity index (χ4n) is 15.7. The molecule has 0 saturated heterocycles. The summed E-state index contributed by atoms with van der Waals surface area (Å²) in [6.45, 7) is 37.5. The number of benzene rings is 5. The highest BCUT2D eigenvalue weighted by atomic mass is 32.1. The van der Waals surface area contributed by atoms with Crippen LogP contribution in [0.5, 0.6) is 0 Å². The predicted octanol–water partition coefficient (Wildman–Crippen LogP) is 16.1. The zero-order chi connectivity index (χ0) is 47.8. The molecule has 0 radical (unpaired) electrons. The zero-order valence-electron chi connectivity index (χ0n) is 44.2. The number of nitrogens with zero attached hydrogens (tertiary/aromatic N) is 2. The van der Waals surface area contributed by atoms with Crippen LogP contribution in [-0.4, -0.2) is 6.71 Å². The quantitative estimate of drug-likeness (QED) is 0.159. The third kappa shape index (κ3) is 5.71. The van der Waals surface area contributed by atoms with E-state index in [1.54, 1.807) is 16.7 Å². The van der Waals surface area contributed by atoms with Gasteiger partial charge in [-0.2, -0.15) is 0 Å². The molecule has 5 aromatic carbocycles. The Morgan fingerprint density at radius 2 is 0.868 bits per heavy atom. The number of hydrogen-bond acceptors (Lipinski definition) is 3. The van der Waals surface area contributed by atoms with Crippen LogP contribution < -0.4 is 25.5 Å². The van der Waals surface area contributed by atoms with Crippen LogP contribution in [0.4, 0.5) is 34.1 Å². The van der Waals surface area contributed by atoms with Crippen LogP contribution in [0.2, 0.25) is 0 Å². The molecule has 7 aliphatic rings. The first kappa shape index (κ1) is 43.7. The first-order valence-electron chi connectivity index (χ1n) is 26.6. The molecule has 3 heterocycles. The van der Waals surface area contributed by atoms with Crippen molar-refractivity contribution in [2.24, 2.45) is 0 Å². The van der Waals surface area contributed by atoms with Gasteiger partial charge in [-0.25, -0.2) is 0 Å². The Balaban J connectivity index is 1.15. The highest BCUT2D eigenvalue weighted by Crippen LogP contribution is 2.62. The van der Waals surface area contributed by atoms with Crippen molar-refractivity contribution in [1.82, 2.24) is 0 Å². The Labute approximate surface area is 413 Å². The fourth-order valence-corrected chi connectivity index (χ4v) is 17.1. The molecule has 2 unspecified atom stereocenters. The minimum atomic E-state index is 0.0819. The lowest BCUT2D eigenvalue weighted by Crippen LogP contribution is -2.61. The average Bonchev–Trinajstić information content (AvgIpc) is 3.88. The monoisotopic (exact) mass is 915 g/mol. The van der Waals surface area contributed by atoms with Crippen molar-refractivity contribution in [3.8, 4) is 0 Å². The van der Waals surface area contributed by atoms with Gasteiger partial charge in [0.1, 0.15) is 0 Å². The van der Waals surface area contributed by atoms with Crippen LogP contribution in [0.15, 0.2) is 72.8 Å². The maximum atomic E-state index is 2.78. The molecule has 2 bridgehead atoms. The smallest absolute Gasteiger partial charge is 0.264 e. The van der Waals surface area contributed by atoms with Crippen molar-refractivity contribution in [3.05, 3.63) is 123 Å². The molecule has 0 N–H and O–H groups in total. The van der Waals surface area contributed by atoms with Gasteiger partial charge < -0.3 is 9.80 Å². The third-order valence-electron chi connectivity index (χ3n) is 20.4. The van der Waals surface area contributed by atoms with Gasteiger partial charge in [-0.3, -0.25) is 0 Å². The second-order valence-corrected chi connectivity index (χ2v) is 29.1. The summed E-state index contributed by atoms with van der Waals surface area (Å²) in [4.78, 5) is 5.53. The highest BCUT2D eigenvalue weighted by molar-refractivity contribution is 7.33. The summed E-state index contributed by atoms with van der Waals surface area (Å²) >= 11 is 2.12. The lowest BCUT2D eigenvalue weighted by molar-refractivity contribution is 0.332. The number of thiophene rings is 1. The number of fused-ring (bicyclic) bond motifs is 14. The molecule has 4 heteroatoms. The van der Waals surface area contributed by atoms with Gasteiger partial charge >= 0.3 is 0 Å². The maximum absolute atomic E-state index is 2.78. The van der Waals surface area contributed by atoms with Crippen LogP contribution in [0.25, 0.3) is 10.1 Å². The number of aryl methyl sites for hydroxylation is 1. The van der Waals surface area contributed by atoms with Gasteiger partial charge in [-0.05, 0) is 224 Å². The summed E-state index contributed by atoms with van der Waals surface area (Å²) in [7, 11) is 0. The van der Waals surface area contributed by atoms with E-state index < -0.39 is 0 Å². The molecule has 350 valence electrons. The molecule has 5 aliphatic carbocycles. The molecule has 2 atom stereocenters. The number of anilines is 6. The van der Waals surface area contributed by atoms with E-state index in [1.807, 2.05) is 0 Å². The topological polar surface area (TPSA) is 6.48 Å². The lowest BCUT2D eigenvalue weighted by atomic mass is 9.35. The Bertz CT molecular complexity index is 3240. The summed E-state index contributed by atoms with van der Waals surface area (Å²) in [5, 5.41) is 1.45. The Morgan fingerprint density at radius 1 is 0.426 bits per heavy atom. The van der Waals surface area contributed by atoms with E-state index in [9.17, 15) is 0 Å². The molecule has 13 rings (SSSR count). The molecule has 0 spiro atoms. The largest absolute Gasteiger partial charge is 0.311 e. The maximum Gasteiger partial charge on any atom is 0.264 e. The van der Waals surface area contributed by atoms with Crippen molar-refractivity contribution in [3.63, 3.8) is 0 Å². The molecular formula is C64H75BN2S. The van der Waals surface area contributed by atoms with Gasteiger partial charge in [0, 0.05) is 43.3 Å². The van der Waals surface area contributed by atoms with E-state index in [2.05, 4.69) is 198 Å². The first-order chi connectivity index (χ1) is 31.7. The highest BCUT2D eigenvalue weighted by Gasteiger charge is 2.54. The molecule has 1 aromatic heterocycles. The number of hydrogen-bond donors (Lipinski definition) is 0. The van der Waals surface area contributed by atoms with Crippen LogP contribution in [-0.2, 0) is 43.3 Å². The van der Waals surface area contributed by atoms with Crippen molar-refractivity contribution in [2.75, 3.05) is 9.80 Å². The van der Waals surface area contributed by atoms with Crippen molar-refractivity contribution in [2.45, 2.75) is 205 Å². The molecular weight excluding hydrogens is 840 g/mol. The van der Waals surface area contributed by atoms with E-state index >= 15 is 0 Å². The predicted molar refractivity (Wildman–Crippen MR) is 295 cm³/mol. The summed E-state index contributed by atoms with van der Waals surface area (Å²) < 4.78 is 2.98. The zero-order valence-corrected chi connectivity index (χ0v) is 45.0. The van der Waals surface area contributed by atoms with Gasteiger partial charge in [-0.15, -0.1) is 11.3 Å². The van der Waals surface area contributed by atoms with Crippen LogP contribution in [0.3, 0.4) is 0 Å². The minimum Gasteiger partial charge on any atom is -0.311 e. The minimum absolute atomic E-state index is 0.0819. The fraction of sp³-hybridized carbons (Fsp3) is 0.500. The van der Waals surface area contributed by atoms with Gasteiger partial charge in [0.25, 0.3) is 6.71 Å². The molecule has 2 nitrogen and oxygen atoms in total. The molecule has 68 heavy (non-hydrogen) atoms. The summed E-state index contributed by atoms with van der Waals surface area (Å²) in [6.07, 6.45) is 11.1. The van der Waals surface area contributed by atoms with Gasteiger partial charge in [0.05, 0.1) is 5.69 Å². The second kappa shape index (κ2) is 13.2. The molecule has 0 amide bonds.